The molecule has 0 aliphatic heterocycles. The van der Waals surface area contributed by atoms with Crippen LogP contribution in [0.5, 0.6) is 0 Å². The average molecular weight is 369 g/mol. The van der Waals surface area contributed by atoms with Gasteiger partial charge >= 0.3 is 5.97 Å². The lowest BCUT2D eigenvalue weighted by atomic mass is 10.1. The van der Waals surface area contributed by atoms with Gasteiger partial charge in [0.05, 0.1) is 0 Å². The van der Waals surface area contributed by atoms with E-state index in [1.165, 1.54) is 11.6 Å². The molecule has 136 valence electrons. The minimum atomic E-state index is -0.529. The van der Waals surface area contributed by atoms with E-state index in [9.17, 15) is 9.59 Å². The summed E-state index contributed by atoms with van der Waals surface area (Å²) < 4.78 is 4.94. The summed E-state index contributed by atoms with van der Waals surface area (Å²) in [7, 11) is 0. The highest BCUT2D eigenvalue weighted by Crippen LogP contribution is 2.15. The molecule has 2 aromatic carbocycles. The summed E-state index contributed by atoms with van der Waals surface area (Å²) >= 11 is 1.66. The minimum absolute atomic E-state index is 0.264. The van der Waals surface area contributed by atoms with Crippen molar-refractivity contribution in [1.82, 2.24) is 5.32 Å². The van der Waals surface area contributed by atoms with Crippen LogP contribution in [0.1, 0.15) is 17.5 Å². The molecule has 0 heterocycles. The molecule has 2 aromatic rings. The summed E-state index contributed by atoms with van der Waals surface area (Å²) in [4.78, 5) is 24.5. The third kappa shape index (κ3) is 7.57. The number of carbonyl (C=O) groups excluding carboxylic acids is 2. The summed E-state index contributed by atoms with van der Waals surface area (Å²) in [6.07, 6.45) is 6.75. The number of nitrogens with one attached hydrogen (secondary N) is 1. The summed E-state index contributed by atoms with van der Waals surface area (Å²) in [5.41, 5.74) is 2.15. The molecule has 5 heteroatoms. The number of thioether (sulfide) groups is 1. The van der Waals surface area contributed by atoms with E-state index in [1.54, 1.807) is 17.8 Å². The van der Waals surface area contributed by atoms with E-state index >= 15 is 0 Å². The lowest BCUT2D eigenvalue weighted by Crippen LogP contribution is -2.29. The zero-order valence-electron chi connectivity index (χ0n) is 14.8. The molecule has 4 nitrogen and oxygen atoms in total. The summed E-state index contributed by atoms with van der Waals surface area (Å²) in [5.74, 6) is -0.817. The molecular weight excluding hydrogens is 346 g/mol. The maximum absolute atomic E-state index is 11.7. The second-order valence-corrected chi connectivity index (χ2v) is 6.53. The van der Waals surface area contributed by atoms with Crippen molar-refractivity contribution in [2.24, 2.45) is 0 Å². The van der Waals surface area contributed by atoms with Crippen LogP contribution in [0.15, 0.2) is 65.6 Å². The van der Waals surface area contributed by atoms with Crippen LogP contribution in [0.25, 0.3) is 6.08 Å². The van der Waals surface area contributed by atoms with E-state index in [1.807, 2.05) is 48.7 Å². The van der Waals surface area contributed by atoms with Crippen molar-refractivity contribution in [3.05, 3.63) is 71.8 Å². The molecule has 0 bridgehead atoms. The zero-order chi connectivity index (χ0) is 18.6. The Hall–Kier alpha value is -2.53. The van der Waals surface area contributed by atoms with Gasteiger partial charge in [0.25, 0.3) is 5.91 Å². The van der Waals surface area contributed by atoms with Gasteiger partial charge in [0, 0.05) is 17.5 Å². The smallest absolute Gasteiger partial charge is 0.331 e. The van der Waals surface area contributed by atoms with Gasteiger partial charge in [-0.2, -0.15) is 0 Å². The Morgan fingerprint density at radius 1 is 1.08 bits per heavy atom. The van der Waals surface area contributed by atoms with Crippen LogP contribution >= 0.6 is 11.8 Å². The molecule has 0 unspecified atom stereocenters. The van der Waals surface area contributed by atoms with Gasteiger partial charge in [-0.25, -0.2) is 4.79 Å². The van der Waals surface area contributed by atoms with Crippen molar-refractivity contribution >= 4 is 29.7 Å². The number of benzene rings is 2. The molecule has 0 atom stereocenters. The zero-order valence-corrected chi connectivity index (χ0v) is 15.6. The number of hydrogen-bond donors (Lipinski definition) is 1. The first-order valence-corrected chi connectivity index (χ1v) is 9.69. The third-order valence-electron chi connectivity index (χ3n) is 3.68. The molecule has 2 rings (SSSR count). The van der Waals surface area contributed by atoms with E-state index in [0.717, 1.165) is 23.3 Å². The van der Waals surface area contributed by atoms with Crippen molar-refractivity contribution < 1.29 is 14.3 Å². The maximum Gasteiger partial charge on any atom is 0.331 e. The molecule has 26 heavy (non-hydrogen) atoms. The summed E-state index contributed by atoms with van der Waals surface area (Å²) in [6, 6.07) is 17.9. The van der Waals surface area contributed by atoms with Crippen molar-refractivity contribution in [3.63, 3.8) is 0 Å². The number of amides is 1. The first kappa shape index (κ1) is 19.8. The van der Waals surface area contributed by atoms with Crippen molar-refractivity contribution in [2.45, 2.75) is 17.7 Å². The molecule has 0 spiro atoms. The van der Waals surface area contributed by atoms with E-state index in [2.05, 4.69) is 17.4 Å². The van der Waals surface area contributed by atoms with Crippen molar-refractivity contribution in [1.29, 1.82) is 0 Å². The van der Waals surface area contributed by atoms with Gasteiger partial charge in [0.15, 0.2) is 6.61 Å². The van der Waals surface area contributed by atoms with Gasteiger partial charge in [-0.3, -0.25) is 4.79 Å². The largest absolute Gasteiger partial charge is 0.452 e. The van der Waals surface area contributed by atoms with E-state index < -0.39 is 5.97 Å². The number of carbonyl (C=O) groups is 2. The van der Waals surface area contributed by atoms with Crippen LogP contribution < -0.4 is 5.32 Å². The van der Waals surface area contributed by atoms with Crippen molar-refractivity contribution in [3.8, 4) is 0 Å². The highest BCUT2D eigenvalue weighted by Gasteiger charge is 2.04. The normalized spacial score (nSPS) is 10.7. The van der Waals surface area contributed by atoms with Crippen LogP contribution in [0.4, 0.5) is 0 Å². The fraction of sp³-hybridized carbons (Fsp3) is 0.238. The van der Waals surface area contributed by atoms with Crippen molar-refractivity contribution in [2.75, 3.05) is 19.4 Å². The fourth-order valence-corrected chi connectivity index (χ4v) is 2.69. The van der Waals surface area contributed by atoms with E-state index in [-0.39, 0.29) is 12.5 Å². The number of aryl methyl sites for hydroxylation is 1. The van der Waals surface area contributed by atoms with E-state index in [0.29, 0.717) is 6.54 Å². The first-order valence-electron chi connectivity index (χ1n) is 8.47. The quantitative estimate of drug-likeness (QED) is 0.317. The Kier molecular flexibility index (Phi) is 8.49. The highest BCUT2D eigenvalue weighted by atomic mass is 32.2. The van der Waals surface area contributed by atoms with Gasteiger partial charge in [0.2, 0.25) is 0 Å². The molecule has 0 fully saturated rings. The predicted molar refractivity (Wildman–Crippen MR) is 106 cm³/mol. The van der Waals surface area contributed by atoms with Crippen LogP contribution in [0.2, 0.25) is 0 Å². The summed E-state index contributed by atoms with van der Waals surface area (Å²) in [6.45, 7) is 0.294. The van der Waals surface area contributed by atoms with Crippen LogP contribution in [-0.4, -0.2) is 31.3 Å². The molecule has 0 radical (unpaired) electrons. The Balaban J connectivity index is 1.61. The second-order valence-electron chi connectivity index (χ2n) is 5.65. The van der Waals surface area contributed by atoms with Gasteiger partial charge in [0.1, 0.15) is 0 Å². The number of ether oxygens (including phenoxy) is 1. The molecule has 1 amide bonds. The fourth-order valence-electron chi connectivity index (χ4n) is 2.28. The Labute approximate surface area is 158 Å². The molecule has 0 saturated heterocycles. The van der Waals surface area contributed by atoms with Gasteiger partial charge < -0.3 is 10.1 Å². The predicted octanol–water partition coefficient (Wildman–Crippen LogP) is 3.71. The SMILES string of the molecule is CSc1ccc(/C=C/C(=O)OCC(=O)NCCCc2ccccc2)cc1. The molecule has 0 aliphatic carbocycles. The average Bonchev–Trinajstić information content (AvgIpc) is 2.69. The van der Waals surface area contributed by atoms with Gasteiger partial charge in [-0.05, 0) is 48.4 Å². The Morgan fingerprint density at radius 3 is 2.50 bits per heavy atom. The van der Waals surface area contributed by atoms with E-state index in [4.69, 9.17) is 4.74 Å². The highest BCUT2D eigenvalue weighted by molar-refractivity contribution is 7.98. The maximum atomic E-state index is 11.7. The lowest BCUT2D eigenvalue weighted by molar-refractivity contribution is -0.143. The van der Waals surface area contributed by atoms with Gasteiger partial charge in [-0.15, -0.1) is 11.8 Å². The van der Waals surface area contributed by atoms with Crippen LogP contribution in [0, 0.1) is 0 Å². The molecule has 0 aliphatic rings. The van der Waals surface area contributed by atoms with Crippen LogP contribution in [-0.2, 0) is 20.7 Å². The standard InChI is InChI=1S/C21H23NO3S/c1-26-19-12-9-18(10-13-19)11-14-21(24)25-16-20(23)22-15-5-8-17-6-3-2-4-7-17/h2-4,6-7,9-14H,5,8,15-16H2,1H3,(H,22,23)/b14-11+. The number of esters is 1. The summed E-state index contributed by atoms with van der Waals surface area (Å²) in [5, 5.41) is 2.75. The number of hydrogen-bond acceptors (Lipinski definition) is 4. The third-order valence-corrected chi connectivity index (χ3v) is 4.42. The number of rotatable bonds is 9. The second kappa shape index (κ2) is 11.2. The minimum Gasteiger partial charge on any atom is -0.452 e. The van der Waals surface area contributed by atoms with Crippen LogP contribution in [0.3, 0.4) is 0 Å². The molecule has 0 saturated carbocycles. The topological polar surface area (TPSA) is 55.4 Å². The Bertz CT molecular complexity index is 727. The molecular formula is C21H23NO3S. The van der Waals surface area contributed by atoms with Gasteiger partial charge in [-0.1, -0.05) is 42.5 Å². The first-order chi connectivity index (χ1) is 12.7. The lowest BCUT2D eigenvalue weighted by Gasteiger charge is -2.05. The Morgan fingerprint density at radius 2 is 1.81 bits per heavy atom. The monoisotopic (exact) mass is 369 g/mol. The molecule has 0 aromatic heterocycles. The molecule has 1 N–H and O–H groups in total.